The van der Waals surface area contributed by atoms with Crippen LogP contribution < -0.4 is 4.46 Å². The zero-order valence-corrected chi connectivity index (χ0v) is 11.9. The Morgan fingerprint density at radius 1 is 1.00 bits per heavy atom. The Morgan fingerprint density at radius 2 is 1.81 bits per heavy atom. The second kappa shape index (κ2) is 9.69. The molecule has 1 aromatic rings. The molecule has 0 aromatic heterocycles. The molecule has 0 atom stereocenters. The minimum absolute atomic E-state index is 0.626. The van der Waals surface area contributed by atoms with Crippen molar-refractivity contribution in [2.45, 2.75) is 44.3 Å². The fourth-order valence-electron chi connectivity index (χ4n) is 1.54. The van der Waals surface area contributed by atoms with E-state index in [1.165, 1.54) is 41.9 Å². The first-order valence-corrected chi connectivity index (χ1v) is 8.33. The summed E-state index contributed by atoms with van der Waals surface area (Å²) in [7, 11) is 0. The van der Waals surface area contributed by atoms with Gasteiger partial charge < -0.3 is 0 Å². The maximum absolute atomic E-state index is 2.36. The molecule has 0 amide bonds. The van der Waals surface area contributed by atoms with Crippen LogP contribution in [0, 0.1) is 0 Å². The average Bonchev–Trinajstić information content (AvgIpc) is 2.34. The van der Waals surface area contributed by atoms with E-state index in [0.29, 0.717) is 15.0 Å². The molecule has 0 fully saturated rings. The SMILES string of the molecule is CCCCCCC=CC[Se]c1ccccc1. The van der Waals surface area contributed by atoms with E-state index in [1.807, 2.05) is 0 Å². The van der Waals surface area contributed by atoms with Crippen molar-refractivity contribution in [3.8, 4) is 0 Å². The van der Waals surface area contributed by atoms with Gasteiger partial charge in [-0.3, -0.25) is 0 Å². The Hall–Kier alpha value is -0.521. The van der Waals surface area contributed by atoms with E-state index in [-0.39, 0.29) is 0 Å². The number of allylic oxidation sites excluding steroid dienone is 2. The number of rotatable bonds is 8. The fraction of sp³-hybridized carbons (Fsp3) is 0.467. The van der Waals surface area contributed by atoms with Gasteiger partial charge in [0.2, 0.25) is 0 Å². The molecule has 88 valence electrons. The second-order valence-corrected chi connectivity index (χ2v) is 6.24. The van der Waals surface area contributed by atoms with Gasteiger partial charge in [-0.25, -0.2) is 0 Å². The van der Waals surface area contributed by atoms with Crippen molar-refractivity contribution < 1.29 is 0 Å². The van der Waals surface area contributed by atoms with Crippen LogP contribution in [-0.4, -0.2) is 15.0 Å². The number of unbranched alkanes of at least 4 members (excludes halogenated alkanes) is 4. The molecule has 0 aliphatic carbocycles. The van der Waals surface area contributed by atoms with Crippen LogP contribution in [0.25, 0.3) is 0 Å². The molecule has 16 heavy (non-hydrogen) atoms. The van der Waals surface area contributed by atoms with Gasteiger partial charge >= 0.3 is 106 Å². The molecule has 0 heterocycles. The van der Waals surface area contributed by atoms with Crippen molar-refractivity contribution in [3.63, 3.8) is 0 Å². The fourth-order valence-corrected chi connectivity index (χ4v) is 3.16. The standard InChI is InChI=1S/C15H22Se/c1-2-3-4-5-6-7-11-14-16-15-12-9-8-10-13-15/h7-13H,2-6,14H2,1H3. The van der Waals surface area contributed by atoms with Crippen LogP contribution in [-0.2, 0) is 0 Å². The summed E-state index contributed by atoms with van der Waals surface area (Å²) in [6.07, 6.45) is 11.5. The Balaban J connectivity index is 2.00. The van der Waals surface area contributed by atoms with Crippen molar-refractivity contribution in [1.29, 1.82) is 0 Å². The van der Waals surface area contributed by atoms with Crippen LogP contribution >= 0.6 is 0 Å². The van der Waals surface area contributed by atoms with E-state index in [1.54, 1.807) is 0 Å². The van der Waals surface area contributed by atoms with Crippen molar-refractivity contribution in [1.82, 2.24) is 0 Å². The summed E-state index contributed by atoms with van der Waals surface area (Å²) in [6.45, 7) is 2.26. The van der Waals surface area contributed by atoms with Crippen LogP contribution in [0.5, 0.6) is 0 Å². The quantitative estimate of drug-likeness (QED) is 0.384. The van der Waals surface area contributed by atoms with E-state index in [0.717, 1.165) is 0 Å². The minimum atomic E-state index is 0.626. The van der Waals surface area contributed by atoms with Gasteiger partial charge in [0.05, 0.1) is 0 Å². The van der Waals surface area contributed by atoms with Crippen LogP contribution in [0.15, 0.2) is 42.5 Å². The van der Waals surface area contributed by atoms with E-state index in [2.05, 4.69) is 49.4 Å². The summed E-state index contributed by atoms with van der Waals surface area (Å²) in [5, 5.41) is 1.24. The maximum atomic E-state index is 2.36. The number of hydrogen-bond acceptors (Lipinski definition) is 0. The Morgan fingerprint density at radius 3 is 2.56 bits per heavy atom. The predicted octanol–water partition coefficient (Wildman–Crippen LogP) is 3.96. The Labute approximate surface area is 106 Å². The van der Waals surface area contributed by atoms with E-state index < -0.39 is 0 Å². The van der Waals surface area contributed by atoms with Gasteiger partial charge in [-0.15, -0.1) is 0 Å². The van der Waals surface area contributed by atoms with Crippen molar-refractivity contribution in [2.24, 2.45) is 0 Å². The van der Waals surface area contributed by atoms with Gasteiger partial charge in [-0.2, -0.15) is 0 Å². The molecule has 1 rings (SSSR count). The molecule has 0 bridgehead atoms. The molecule has 0 unspecified atom stereocenters. The molecule has 0 saturated heterocycles. The Bertz CT molecular complexity index is 277. The monoisotopic (exact) mass is 282 g/mol. The Kier molecular flexibility index (Phi) is 8.20. The second-order valence-electron chi connectivity index (χ2n) is 3.94. The first kappa shape index (κ1) is 13.5. The van der Waals surface area contributed by atoms with Crippen LogP contribution in [0.4, 0.5) is 0 Å². The van der Waals surface area contributed by atoms with Gasteiger partial charge in [-0.1, -0.05) is 0 Å². The molecular weight excluding hydrogens is 259 g/mol. The van der Waals surface area contributed by atoms with Gasteiger partial charge in [0.1, 0.15) is 0 Å². The molecular formula is C15H22Se. The van der Waals surface area contributed by atoms with Crippen LogP contribution in [0.3, 0.4) is 0 Å². The van der Waals surface area contributed by atoms with Gasteiger partial charge in [0, 0.05) is 0 Å². The first-order valence-electron chi connectivity index (χ1n) is 6.26. The third-order valence-electron chi connectivity index (χ3n) is 2.48. The number of benzene rings is 1. The molecule has 0 spiro atoms. The predicted molar refractivity (Wildman–Crippen MR) is 74.5 cm³/mol. The summed E-state index contributed by atoms with van der Waals surface area (Å²) in [5.41, 5.74) is 0. The van der Waals surface area contributed by atoms with Crippen LogP contribution in [0.1, 0.15) is 39.0 Å². The zero-order chi connectivity index (χ0) is 11.5. The summed E-state index contributed by atoms with van der Waals surface area (Å²) in [5.74, 6) is 0. The summed E-state index contributed by atoms with van der Waals surface area (Å²) >= 11 is 0.626. The molecule has 1 aromatic carbocycles. The molecule has 0 saturated carbocycles. The number of hydrogen-bond donors (Lipinski definition) is 0. The van der Waals surface area contributed by atoms with Gasteiger partial charge in [0.25, 0.3) is 0 Å². The van der Waals surface area contributed by atoms with Crippen molar-refractivity contribution >= 4 is 19.4 Å². The molecule has 0 radical (unpaired) electrons. The first-order chi connectivity index (χ1) is 7.93. The molecule has 1 heteroatoms. The molecule has 0 nitrogen and oxygen atoms in total. The average molecular weight is 281 g/mol. The van der Waals surface area contributed by atoms with Gasteiger partial charge in [0.15, 0.2) is 0 Å². The third kappa shape index (κ3) is 6.87. The molecule has 0 N–H and O–H groups in total. The van der Waals surface area contributed by atoms with Crippen molar-refractivity contribution in [3.05, 3.63) is 42.5 Å². The van der Waals surface area contributed by atoms with Crippen molar-refractivity contribution in [2.75, 3.05) is 0 Å². The normalized spacial score (nSPS) is 11.1. The summed E-state index contributed by atoms with van der Waals surface area (Å²) in [4.78, 5) is 0. The summed E-state index contributed by atoms with van der Waals surface area (Å²) in [6, 6.07) is 10.8. The summed E-state index contributed by atoms with van der Waals surface area (Å²) < 4.78 is 1.51. The van der Waals surface area contributed by atoms with Crippen LogP contribution in [0.2, 0.25) is 5.32 Å². The zero-order valence-electron chi connectivity index (χ0n) is 10.2. The van der Waals surface area contributed by atoms with E-state index >= 15 is 0 Å². The molecule has 0 aliphatic rings. The topological polar surface area (TPSA) is 0 Å². The third-order valence-corrected chi connectivity index (χ3v) is 4.50. The van der Waals surface area contributed by atoms with Gasteiger partial charge in [-0.05, 0) is 0 Å². The van der Waals surface area contributed by atoms with E-state index in [4.69, 9.17) is 0 Å². The van der Waals surface area contributed by atoms with E-state index in [9.17, 15) is 0 Å². The molecule has 0 aliphatic heterocycles.